The number of nitrogens with zero attached hydrogens (tertiary/aromatic N) is 3. The van der Waals surface area contributed by atoms with Crippen LogP contribution in [0.5, 0.6) is 0 Å². The Labute approximate surface area is 164 Å². The number of carbonyl (C=O) groups is 2. The van der Waals surface area contributed by atoms with Gasteiger partial charge < -0.3 is 16.0 Å². The van der Waals surface area contributed by atoms with Gasteiger partial charge >= 0.3 is 0 Å². The maximum absolute atomic E-state index is 12.2. The van der Waals surface area contributed by atoms with Gasteiger partial charge in [-0.1, -0.05) is 0 Å². The first-order valence-electron chi connectivity index (χ1n) is 8.58. The fourth-order valence-electron chi connectivity index (χ4n) is 2.44. The topological polar surface area (TPSA) is 101 Å². The second-order valence-electron chi connectivity index (χ2n) is 5.92. The van der Waals surface area contributed by atoms with Crippen LogP contribution in [0.15, 0.2) is 60.0 Å². The van der Waals surface area contributed by atoms with Crippen LogP contribution in [-0.4, -0.2) is 37.1 Å². The molecule has 7 heteroatoms. The number of amides is 2. The summed E-state index contributed by atoms with van der Waals surface area (Å²) in [5.74, 6) is -0.351. The molecule has 0 atom stereocenters. The lowest BCUT2D eigenvalue weighted by Gasteiger charge is -2.15. The molecule has 2 amide bonds. The molecule has 0 saturated carbocycles. The van der Waals surface area contributed by atoms with Crippen LogP contribution in [-0.2, 0) is 9.59 Å². The van der Waals surface area contributed by atoms with Gasteiger partial charge in [0.25, 0.3) is 0 Å². The smallest absolute Gasteiger partial charge is 0.248 e. The van der Waals surface area contributed by atoms with E-state index < -0.39 is 0 Å². The van der Waals surface area contributed by atoms with Gasteiger partial charge in [-0.25, -0.2) is 0 Å². The molecule has 1 aromatic heterocycles. The Kier molecular flexibility index (Phi) is 7.21. The van der Waals surface area contributed by atoms with E-state index in [-0.39, 0.29) is 11.8 Å². The number of anilines is 2. The number of hydrogen-bond donors (Lipinski definition) is 2. The van der Waals surface area contributed by atoms with Crippen molar-refractivity contribution in [2.75, 3.05) is 24.3 Å². The zero-order valence-electron chi connectivity index (χ0n) is 16.1. The molecule has 0 spiro atoms. The molecule has 1 aromatic carbocycles. The lowest BCUT2D eigenvalue weighted by Crippen LogP contribution is -2.22. The minimum atomic E-state index is -0.287. The Bertz CT molecular complexity index is 930. The monoisotopic (exact) mass is 377 g/mol. The largest absolute Gasteiger partial charge is 0.404 e. The van der Waals surface area contributed by atoms with Crippen molar-refractivity contribution in [2.24, 2.45) is 10.7 Å². The van der Waals surface area contributed by atoms with E-state index in [2.05, 4.69) is 15.3 Å². The SMILES string of the molecule is CN=CC(=CN)c1ccncc1/C=C/C(=O)Nc1ccc(N(C)C(C)=O)cc1. The van der Waals surface area contributed by atoms with Crippen LogP contribution < -0.4 is 16.0 Å². The average molecular weight is 377 g/mol. The standard InChI is InChI=1S/C21H23N5O2/c1-15(27)26(3)19-7-5-18(6-8-19)25-21(28)9-4-16-14-24-11-10-20(16)17(12-22)13-23-2/h4-14H,22H2,1-3H3,(H,25,28)/b9-4+,17-12?,23-13?. The summed E-state index contributed by atoms with van der Waals surface area (Å²) >= 11 is 0. The number of aromatic nitrogens is 1. The first-order valence-corrected chi connectivity index (χ1v) is 8.58. The van der Waals surface area contributed by atoms with Gasteiger partial charge in [0.1, 0.15) is 0 Å². The van der Waals surface area contributed by atoms with Gasteiger partial charge in [-0.2, -0.15) is 0 Å². The fourth-order valence-corrected chi connectivity index (χ4v) is 2.44. The summed E-state index contributed by atoms with van der Waals surface area (Å²) in [4.78, 5) is 33.2. The van der Waals surface area contributed by atoms with Crippen LogP contribution in [0.3, 0.4) is 0 Å². The third kappa shape index (κ3) is 5.38. The summed E-state index contributed by atoms with van der Waals surface area (Å²) in [6.07, 6.45) is 9.50. The summed E-state index contributed by atoms with van der Waals surface area (Å²) < 4.78 is 0. The van der Waals surface area contributed by atoms with E-state index in [1.54, 1.807) is 63.0 Å². The summed E-state index contributed by atoms with van der Waals surface area (Å²) in [5, 5.41) is 2.78. The second-order valence-corrected chi connectivity index (χ2v) is 5.92. The minimum absolute atomic E-state index is 0.0639. The lowest BCUT2D eigenvalue weighted by atomic mass is 10.0. The lowest BCUT2D eigenvalue weighted by molar-refractivity contribution is -0.116. The zero-order valence-corrected chi connectivity index (χ0v) is 16.1. The number of nitrogens with two attached hydrogens (primary N) is 1. The van der Waals surface area contributed by atoms with Crippen molar-refractivity contribution in [1.29, 1.82) is 0 Å². The Balaban J connectivity index is 2.12. The van der Waals surface area contributed by atoms with Crippen molar-refractivity contribution in [3.63, 3.8) is 0 Å². The molecule has 0 unspecified atom stereocenters. The van der Waals surface area contributed by atoms with E-state index in [0.717, 1.165) is 22.4 Å². The molecule has 0 aliphatic carbocycles. The molecule has 2 rings (SSSR count). The zero-order chi connectivity index (χ0) is 20.5. The number of allylic oxidation sites excluding steroid dienone is 1. The molecule has 7 nitrogen and oxygen atoms in total. The maximum Gasteiger partial charge on any atom is 0.248 e. The molecule has 0 radical (unpaired) electrons. The molecule has 0 aliphatic rings. The van der Waals surface area contributed by atoms with Crippen molar-refractivity contribution in [3.05, 3.63) is 66.1 Å². The third-order valence-corrected chi connectivity index (χ3v) is 4.02. The van der Waals surface area contributed by atoms with E-state index >= 15 is 0 Å². The van der Waals surface area contributed by atoms with Gasteiger partial charge in [-0.05, 0) is 42.0 Å². The first kappa shape index (κ1) is 20.6. The van der Waals surface area contributed by atoms with Crippen molar-refractivity contribution in [1.82, 2.24) is 4.98 Å². The van der Waals surface area contributed by atoms with Crippen LogP contribution in [0.25, 0.3) is 11.6 Å². The summed E-state index contributed by atoms with van der Waals surface area (Å²) in [7, 11) is 3.35. The molecule has 0 aliphatic heterocycles. The van der Waals surface area contributed by atoms with Gasteiger partial charge in [-0.15, -0.1) is 0 Å². The molecule has 28 heavy (non-hydrogen) atoms. The molecule has 1 heterocycles. The minimum Gasteiger partial charge on any atom is -0.404 e. The number of carbonyl (C=O) groups excluding carboxylic acids is 2. The Morgan fingerprint density at radius 2 is 1.93 bits per heavy atom. The van der Waals surface area contributed by atoms with Crippen LogP contribution in [0.4, 0.5) is 11.4 Å². The number of benzene rings is 1. The molecule has 2 aromatic rings. The molecule has 3 N–H and O–H groups in total. The van der Waals surface area contributed by atoms with Crippen LogP contribution in [0.2, 0.25) is 0 Å². The van der Waals surface area contributed by atoms with Gasteiger partial charge in [0, 0.05) is 74.4 Å². The van der Waals surface area contributed by atoms with Crippen LogP contribution in [0.1, 0.15) is 18.1 Å². The van der Waals surface area contributed by atoms with Gasteiger partial charge in [0.15, 0.2) is 0 Å². The average Bonchev–Trinajstić information content (AvgIpc) is 2.70. The highest BCUT2D eigenvalue weighted by Crippen LogP contribution is 2.19. The molecule has 0 fully saturated rings. The molecule has 0 saturated heterocycles. The van der Waals surface area contributed by atoms with Crippen molar-refractivity contribution in [3.8, 4) is 0 Å². The summed E-state index contributed by atoms with van der Waals surface area (Å²) in [6, 6.07) is 8.82. The predicted octanol–water partition coefficient (Wildman–Crippen LogP) is 2.72. The van der Waals surface area contributed by atoms with E-state index in [4.69, 9.17) is 5.73 Å². The van der Waals surface area contributed by atoms with E-state index in [1.165, 1.54) is 24.1 Å². The molecule has 0 bridgehead atoms. The highest BCUT2D eigenvalue weighted by Gasteiger charge is 2.07. The second kappa shape index (κ2) is 9.82. The Morgan fingerprint density at radius 3 is 2.54 bits per heavy atom. The quantitative estimate of drug-likeness (QED) is 0.597. The van der Waals surface area contributed by atoms with Gasteiger partial charge in [0.2, 0.25) is 11.8 Å². The first-order chi connectivity index (χ1) is 13.5. The highest BCUT2D eigenvalue weighted by molar-refractivity contribution is 6.11. The summed E-state index contributed by atoms with van der Waals surface area (Å²) in [6.45, 7) is 1.49. The number of nitrogens with one attached hydrogen (secondary N) is 1. The van der Waals surface area contributed by atoms with Gasteiger partial charge in [0.05, 0.1) is 0 Å². The van der Waals surface area contributed by atoms with Crippen molar-refractivity contribution >= 4 is 41.1 Å². The van der Waals surface area contributed by atoms with Crippen LogP contribution >= 0.6 is 0 Å². The Morgan fingerprint density at radius 1 is 1.21 bits per heavy atom. The van der Waals surface area contributed by atoms with E-state index in [0.29, 0.717) is 5.69 Å². The van der Waals surface area contributed by atoms with E-state index in [1.807, 2.05) is 6.07 Å². The van der Waals surface area contributed by atoms with Crippen molar-refractivity contribution in [2.45, 2.75) is 6.92 Å². The maximum atomic E-state index is 12.2. The molecular formula is C21H23N5O2. The normalized spacial score (nSPS) is 11.8. The summed E-state index contributed by atoms with van der Waals surface area (Å²) in [5.41, 5.74) is 9.34. The highest BCUT2D eigenvalue weighted by atomic mass is 16.2. The molecular weight excluding hydrogens is 354 g/mol. The third-order valence-electron chi connectivity index (χ3n) is 4.02. The van der Waals surface area contributed by atoms with E-state index in [9.17, 15) is 9.59 Å². The van der Waals surface area contributed by atoms with Crippen molar-refractivity contribution < 1.29 is 9.59 Å². The molecule has 144 valence electrons. The fraction of sp³-hybridized carbons (Fsp3) is 0.143. The number of hydrogen-bond acceptors (Lipinski definition) is 5. The predicted molar refractivity (Wildman–Crippen MR) is 114 cm³/mol. The van der Waals surface area contributed by atoms with Gasteiger partial charge in [-0.3, -0.25) is 19.6 Å². The number of aliphatic imine (C=N–C) groups is 1. The number of pyridine rings is 1. The van der Waals surface area contributed by atoms with Crippen LogP contribution in [0, 0.1) is 0 Å². The number of rotatable bonds is 6. The Hall–Kier alpha value is -3.74.